The normalized spacial score (nSPS) is 15.7. The van der Waals surface area contributed by atoms with Crippen LogP contribution in [0, 0.1) is 5.82 Å². The summed E-state index contributed by atoms with van der Waals surface area (Å²) in [6, 6.07) is 1.59. The Morgan fingerprint density at radius 2 is 2.17 bits per heavy atom. The fourth-order valence-corrected chi connectivity index (χ4v) is 1.02. The first-order valence-corrected chi connectivity index (χ1v) is 3.90. The molecule has 0 spiro atoms. The number of aliphatic hydroxyl groups is 1. The van der Waals surface area contributed by atoms with Crippen LogP contribution < -0.4 is 0 Å². The van der Waals surface area contributed by atoms with Crippen molar-refractivity contribution in [2.24, 2.45) is 0 Å². The highest BCUT2D eigenvalue weighted by molar-refractivity contribution is 5.18. The van der Waals surface area contributed by atoms with Gasteiger partial charge in [0.2, 0.25) is 0 Å². The Balaban J connectivity index is 2.94. The molecule has 3 heteroatoms. The van der Waals surface area contributed by atoms with Gasteiger partial charge in [-0.3, -0.25) is 4.98 Å². The number of aromatic nitrogens is 1. The molecular formula is C9H12FNO. The zero-order valence-corrected chi connectivity index (χ0v) is 7.16. The third-order valence-corrected chi connectivity index (χ3v) is 2.02. The van der Waals surface area contributed by atoms with E-state index in [1.807, 2.05) is 0 Å². The van der Waals surface area contributed by atoms with Gasteiger partial charge in [-0.2, -0.15) is 0 Å². The van der Waals surface area contributed by atoms with Gasteiger partial charge >= 0.3 is 0 Å². The van der Waals surface area contributed by atoms with E-state index in [1.165, 1.54) is 6.20 Å². The average Bonchev–Trinajstić information content (AvgIpc) is 2.04. The molecule has 0 radical (unpaired) electrons. The number of rotatable bonds is 2. The van der Waals surface area contributed by atoms with Crippen LogP contribution in [0.3, 0.4) is 0 Å². The van der Waals surface area contributed by atoms with Crippen LogP contribution >= 0.6 is 0 Å². The molecule has 2 unspecified atom stereocenters. The molecule has 0 aromatic carbocycles. The van der Waals surface area contributed by atoms with E-state index >= 15 is 0 Å². The van der Waals surface area contributed by atoms with E-state index in [4.69, 9.17) is 0 Å². The summed E-state index contributed by atoms with van der Waals surface area (Å²) in [5, 5.41) is 9.21. The molecule has 1 aromatic heterocycles. The lowest BCUT2D eigenvalue weighted by molar-refractivity contribution is 0.167. The number of aliphatic hydroxyl groups excluding tert-OH is 1. The van der Waals surface area contributed by atoms with E-state index in [2.05, 4.69) is 4.98 Å². The molecule has 0 saturated heterocycles. The van der Waals surface area contributed by atoms with Crippen LogP contribution in [0.5, 0.6) is 0 Å². The zero-order chi connectivity index (χ0) is 9.14. The minimum absolute atomic E-state index is 0.187. The Labute approximate surface area is 71.1 Å². The van der Waals surface area contributed by atoms with Crippen molar-refractivity contribution in [3.8, 4) is 0 Å². The van der Waals surface area contributed by atoms with Gasteiger partial charge in [0, 0.05) is 12.1 Å². The standard InChI is InChI=1S/C9H12FNO/c1-6(7(2)12)8-3-4-11-5-9(8)10/h3-7,12H,1-2H3. The van der Waals surface area contributed by atoms with Gasteiger partial charge in [-0.25, -0.2) is 4.39 Å². The monoisotopic (exact) mass is 169 g/mol. The van der Waals surface area contributed by atoms with Crippen molar-refractivity contribution in [3.63, 3.8) is 0 Å². The van der Waals surface area contributed by atoms with Crippen molar-refractivity contribution >= 4 is 0 Å². The Morgan fingerprint density at radius 1 is 1.50 bits per heavy atom. The number of nitrogens with zero attached hydrogens (tertiary/aromatic N) is 1. The van der Waals surface area contributed by atoms with Gasteiger partial charge in [-0.1, -0.05) is 6.92 Å². The highest BCUT2D eigenvalue weighted by Crippen LogP contribution is 2.20. The molecule has 12 heavy (non-hydrogen) atoms. The van der Waals surface area contributed by atoms with Crippen molar-refractivity contribution in [1.29, 1.82) is 0 Å². The number of hydrogen-bond acceptors (Lipinski definition) is 2. The fraction of sp³-hybridized carbons (Fsp3) is 0.444. The van der Waals surface area contributed by atoms with Crippen molar-refractivity contribution < 1.29 is 9.50 Å². The highest BCUT2D eigenvalue weighted by atomic mass is 19.1. The topological polar surface area (TPSA) is 33.1 Å². The van der Waals surface area contributed by atoms with Gasteiger partial charge in [-0.05, 0) is 18.6 Å². The summed E-state index contributed by atoms with van der Waals surface area (Å²) in [6.07, 6.45) is 2.15. The molecule has 0 aliphatic carbocycles. The Morgan fingerprint density at radius 3 is 2.67 bits per heavy atom. The van der Waals surface area contributed by atoms with Gasteiger partial charge < -0.3 is 5.11 Å². The van der Waals surface area contributed by atoms with Crippen LogP contribution in [-0.4, -0.2) is 16.2 Å². The summed E-state index contributed by atoms with van der Waals surface area (Å²) in [5.41, 5.74) is 0.514. The molecular weight excluding hydrogens is 157 g/mol. The van der Waals surface area contributed by atoms with E-state index in [0.29, 0.717) is 5.56 Å². The van der Waals surface area contributed by atoms with Crippen LogP contribution in [0.1, 0.15) is 25.3 Å². The maximum atomic E-state index is 13.0. The average molecular weight is 169 g/mol. The van der Waals surface area contributed by atoms with Crippen molar-refractivity contribution in [2.75, 3.05) is 0 Å². The molecule has 2 nitrogen and oxygen atoms in total. The first-order chi connectivity index (χ1) is 5.63. The van der Waals surface area contributed by atoms with E-state index in [-0.39, 0.29) is 11.7 Å². The second-order valence-electron chi connectivity index (χ2n) is 2.93. The lowest BCUT2D eigenvalue weighted by atomic mass is 9.97. The lowest BCUT2D eigenvalue weighted by Gasteiger charge is -2.14. The molecule has 0 saturated carbocycles. The zero-order valence-electron chi connectivity index (χ0n) is 7.16. The molecule has 0 bridgehead atoms. The molecule has 0 amide bonds. The van der Waals surface area contributed by atoms with Gasteiger partial charge in [-0.15, -0.1) is 0 Å². The van der Waals surface area contributed by atoms with E-state index in [9.17, 15) is 9.50 Å². The van der Waals surface area contributed by atoms with E-state index in [1.54, 1.807) is 19.9 Å². The molecule has 0 fully saturated rings. The first-order valence-electron chi connectivity index (χ1n) is 3.90. The second kappa shape index (κ2) is 3.63. The van der Waals surface area contributed by atoms with Crippen LogP contribution in [0.4, 0.5) is 4.39 Å². The maximum absolute atomic E-state index is 13.0. The summed E-state index contributed by atoms with van der Waals surface area (Å²) < 4.78 is 13.0. The van der Waals surface area contributed by atoms with Crippen molar-refractivity contribution in [1.82, 2.24) is 4.98 Å². The molecule has 2 atom stereocenters. The molecule has 1 N–H and O–H groups in total. The molecule has 0 aliphatic rings. The molecule has 1 heterocycles. The summed E-state index contributed by atoms with van der Waals surface area (Å²) in [6.45, 7) is 3.42. The van der Waals surface area contributed by atoms with Gasteiger partial charge in [0.05, 0.1) is 12.3 Å². The largest absolute Gasteiger partial charge is 0.393 e. The second-order valence-corrected chi connectivity index (χ2v) is 2.93. The van der Waals surface area contributed by atoms with Crippen LogP contribution in [0.15, 0.2) is 18.5 Å². The minimum Gasteiger partial charge on any atom is -0.393 e. The van der Waals surface area contributed by atoms with Gasteiger partial charge in [0.1, 0.15) is 5.82 Å². The van der Waals surface area contributed by atoms with Crippen LogP contribution in [0.25, 0.3) is 0 Å². The fourth-order valence-electron chi connectivity index (χ4n) is 1.02. The predicted octanol–water partition coefficient (Wildman–Crippen LogP) is 1.70. The lowest BCUT2D eigenvalue weighted by Crippen LogP contribution is -2.12. The van der Waals surface area contributed by atoms with E-state index in [0.717, 1.165) is 6.20 Å². The van der Waals surface area contributed by atoms with Gasteiger partial charge in [0.25, 0.3) is 0 Å². The summed E-state index contributed by atoms with van der Waals surface area (Å²) in [7, 11) is 0. The number of hydrogen-bond donors (Lipinski definition) is 1. The third kappa shape index (κ3) is 1.80. The third-order valence-electron chi connectivity index (χ3n) is 2.02. The highest BCUT2D eigenvalue weighted by Gasteiger charge is 2.14. The molecule has 0 aliphatic heterocycles. The summed E-state index contributed by atoms with van der Waals surface area (Å²) in [4.78, 5) is 3.63. The Kier molecular flexibility index (Phi) is 2.76. The summed E-state index contributed by atoms with van der Waals surface area (Å²) in [5.74, 6) is -0.543. The predicted molar refractivity (Wildman–Crippen MR) is 44.3 cm³/mol. The smallest absolute Gasteiger partial charge is 0.145 e. The van der Waals surface area contributed by atoms with Crippen molar-refractivity contribution in [2.45, 2.75) is 25.9 Å². The van der Waals surface area contributed by atoms with Crippen molar-refractivity contribution in [3.05, 3.63) is 29.8 Å². The summed E-state index contributed by atoms with van der Waals surface area (Å²) >= 11 is 0. The quantitative estimate of drug-likeness (QED) is 0.731. The minimum atomic E-state index is -0.540. The number of halogens is 1. The van der Waals surface area contributed by atoms with E-state index < -0.39 is 6.10 Å². The Bertz CT molecular complexity index is 262. The van der Waals surface area contributed by atoms with Crippen LogP contribution in [0.2, 0.25) is 0 Å². The first kappa shape index (κ1) is 9.13. The van der Waals surface area contributed by atoms with Crippen LogP contribution in [-0.2, 0) is 0 Å². The maximum Gasteiger partial charge on any atom is 0.145 e. The SMILES string of the molecule is CC(O)C(C)c1ccncc1F. The molecule has 66 valence electrons. The Hall–Kier alpha value is -0.960. The molecule has 1 aromatic rings. The van der Waals surface area contributed by atoms with Gasteiger partial charge in [0.15, 0.2) is 0 Å². The number of pyridine rings is 1. The molecule has 1 rings (SSSR count).